The Labute approximate surface area is 187 Å². The number of carbonyl (C=O) groups is 2. The molecule has 1 aliphatic rings. The van der Waals surface area contributed by atoms with Gasteiger partial charge in [0.05, 0.1) is 16.7 Å². The maximum atomic E-state index is 15.1. The molecule has 1 unspecified atom stereocenters. The molecule has 0 radical (unpaired) electrons. The van der Waals surface area contributed by atoms with Crippen molar-refractivity contribution in [1.82, 2.24) is 0 Å². The van der Waals surface area contributed by atoms with Crippen molar-refractivity contribution < 1.29 is 19.1 Å². The molecule has 164 valence electrons. The third-order valence-electron chi connectivity index (χ3n) is 6.27. The number of carboxylic acids is 1. The maximum absolute atomic E-state index is 15.1. The van der Waals surface area contributed by atoms with Crippen LogP contribution in [0.1, 0.15) is 60.3 Å². The topological polar surface area (TPSA) is 57.6 Å². The van der Waals surface area contributed by atoms with Gasteiger partial charge in [-0.05, 0) is 71.8 Å². The summed E-state index contributed by atoms with van der Waals surface area (Å²) in [4.78, 5) is 27.0. The van der Waals surface area contributed by atoms with E-state index in [1.54, 1.807) is 30.0 Å². The van der Waals surface area contributed by atoms with Crippen molar-refractivity contribution in [3.05, 3.63) is 94.3 Å². The Morgan fingerprint density at radius 3 is 2.38 bits per heavy atom. The van der Waals surface area contributed by atoms with Crippen LogP contribution in [0.4, 0.5) is 15.8 Å². The summed E-state index contributed by atoms with van der Waals surface area (Å²) in [6.45, 7) is 9.58. The monoisotopic (exact) mass is 431 g/mol. The molecule has 5 heteroatoms. The van der Waals surface area contributed by atoms with E-state index in [1.165, 1.54) is 18.2 Å². The standard InChI is InChI=1S/C27H26FNO3/c1-16-9-11-21-23(13-16)29(19-8-6-7-17(14-19)24(30)31)25(32)27(21,5)18-10-12-20(22(28)15-18)26(2,3)4/h6-15H,1-5H3,(H,30,31). The van der Waals surface area contributed by atoms with Crippen LogP contribution >= 0.6 is 0 Å². The van der Waals surface area contributed by atoms with E-state index < -0.39 is 11.4 Å². The zero-order valence-corrected chi connectivity index (χ0v) is 18.9. The van der Waals surface area contributed by atoms with Gasteiger partial charge >= 0.3 is 5.97 Å². The largest absolute Gasteiger partial charge is 0.478 e. The lowest BCUT2D eigenvalue weighted by Gasteiger charge is -2.27. The summed E-state index contributed by atoms with van der Waals surface area (Å²) in [5.41, 5.74) is 2.66. The normalized spacial score (nSPS) is 18.1. The summed E-state index contributed by atoms with van der Waals surface area (Å²) >= 11 is 0. The molecule has 0 spiro atoms. The number of hydrogen-bond acceptors (Lipinski definition) is 2. The number of hydrogen-bond donors (Lipinski definition) is 1. The number of aryl methyl sites for hydroxylation is 1. The van der Waals surface area contributed by atoms with E-state index in [2.05, 4.69) is 0 Å². The number of anilines is 2. The summed E-state index contributed by atoms with van der Waals surface area (Å²) < 4.78 is 15.1. The van der Waals surface area contributed by atoms with E-state index in [0.717, 1.165) is 11.1 Å². The van der Waals surface area contributed by atoms with Gasteiger partial charge in [-0.25, -0.2) is 9.18 Å². The van der Waals surface area contributed by atoms with Gasteiger partial charge in [0.25, 0.3) is 0 Å². The smallest absolute Gasteiger partial charge is 0.335 e. The van der Waals surface area contributed by atoms with Crippen molar-refractivity contribution in [3.8, 4) is 0 Å². The van der Waals surface area contributed by atoms with E-state index >= 15 is 4.39 Å². The number of carboxylic acid groups (broad SMARTS) is 1. The van der Waals surface area contributed by atoms with Crippen LogP contribution in [0, 0.1) is 12.7 Å². The first-order chi connectivity index (χ1) is 14.9. The van der Waals surface area contributed by atoms with Gasteiger partial charge in [-0.2, -0.15) is 0 Å². The Kier molecular flexibility index (Phi) is 4.96. The number of carbonyl (C=O) groups excluding carboxylic acids is 1. The molecule has 1 atom stereocenters. The van der Waals surface area contributed by atoms with Gasteiger partial charge in [-0.1, -0.05) is 51.1 Å². The number of nitrogens with zero attached hydrogens (tertiary/aromatic N) is 1. The summed E-state index contributed by atoms with van der Waals surface area (Å²) in [5.74, 6) is -1.65. The lowest BCUT2D eigenvalue weighted by molar-refractivity contribution is -0.120. The molecule has 0 bridgehead atoms. The summed E-state index contributed by atoms with van der Waals surface area (Å²) in [5, 5.41) is 9.42. The molecule has 0 aromatic heterocycles. The van der Waals surface area contributed by atoms with Crippen molar-refractivity contribution in [2.75, 3.05) is 4.90 Å². The molecule has 0 saturated carbocycles. The highest BCUT2D eigenvalue weighted by molar-refractivity contribution is 6.15. The number of fused-ring (bicyclic) bond motifs is 1. The van der Waals surface area contributed by atoms with Crippen molar-refractivity contribution in [3.63, 3.8) is 0 Å². The molecule has 3 aromatic rings. The average molecular weight is 432 g/mol. The molecule has 4 rings (SSSR count). The maximum Gasteiger partial charge on any atom is 0.335 e. The quantitative estimate of drug-likeness (QED) is 0.544. The lowest BCUT2D eigenvalue weighted by Crippen LogP contribution is -2.37. The minimum atomic E-state index is -1.11. The van der Waals surface area contributed by atoms with Crippen LogP contribution in [0.2, 0.25) is 0 Å². The molecule has 1 heterocycles. The Morgan fingerprint density at radius 2 is 1.75 bits per heavy atom. The van der Waals surface area contributed by atoms with Crippen LogP contribution < -0.4 is 4.90 Å². The van der Waals surface area contributed by atoms with Crippen LogP contribution in [0.15, 0.2) is 60.7 Å². The molecule has 1 aliphatic heterocycles. The molecule has 4 nitrogen and oxygen atoms in total. The SMILES string of the molecule is Cc1ccc2c(c1)N(c1cccc(C(=O)O)c1)C(=O)C2(C)c1ccc(C(C)(C)C)c(F)c1. The van der Waals surface area contributed by atoms with Crippen molar-refractivity contribution >= 4 is 23.3 Å². The van der Waals surface area contributed by atoms with Crippen LogP contribution in [-0.4, -0.2) is 17.0 Å². The molecule has 32 heavy (non-hydrogen) atoms. The van der Waals surface area contributed by atoms with Crippen LogP contribution in [0.5, 0.6) is 0 Å². The summed E-state index contributed by atoms with van der Waals surface area (Å²) in [7, 11) is 0. The van der Waals surface area contributed by atoms with Crippen molar-refractivity contribution in [2.24, 2.45) is 0 Å². The fourth-order valence-corrected chi connectivity index (χ4v) is 4.45. The third kappa shape index (κ3) is 3.29. The highest BCUT2D eigenvalue weighted by Crippen LogP contribution is 2.49. The van der Waals surface area contributed by atoms with Crippen molar-refractivity contribution in [1.29, 1.82) is 0 Å². The van der Waals surface area contributed by atoms with Gasteiger partial charge in [0, 0.05) is 5.69 Å². The van der Waals surface area contributed by atoms with E-state index in [1.807, 2.05) is 52.0 Å². The number of halogens is 1. The Hall–Kier alpha value is -3.47. The fourth-order valence-electron chi connectivity index (χ4n) is 4.45. The first kappa shape index (κ1) is 21.8. The second kappa shape index (κ2) is 7.30. The summed E-state index contributed by atoms with van der Waals surface area (Å²) in [6.07, 6.45) is 0. The van der Waals surface area contributed by atoms with Gasteiger partial charge in [0.2, 0.25) is 5.91 Å². The third-order valence-corrected chi connectivity index (χ3v) is 6.27. The zero-order chi connectivity index (χ0) is 23.4. The minimum absolute atomic E-state index is 0.0960. The predicted molar refractivity (Wildman–Crippen MR) is 123 cm³/mol. The second-order valence-electron chi connectivity index (χ2n) is 9.59. The lowest BCUT2D eigenvalue weighted by atomic mass is 9.75. The fraction of sp³-hybridized carbons (Fsp3) is 0.259. The number of rotatable bonds is 3. The Balaban J connectivity index is 1.92. The van der Waals surface area contributed by atoms with E-state index in [-0.39, 0.29) is 22.7 Å². The predicted octanol–water partition coefficient (Wildman–Crippen LogP) is 6.11. The second-order valence-corrected chi connectivity index (χ2v) is 9.59. The zero-order valence-electron chi connectivity index (χ0n) is 18.9. The molecule has 0 fully saturated rings. The van der Waals surface area contributed by atoms with Gasteiger partial charge in [0.15, 0.2) is 0 Å². The number of amides is 1. The molecule has 3 aromatic carbocycles. The number of benzene rings is 3. The molecular weight excluding hydrogens is 405 g/mol. The Morgan fingerprint density at radius 1 is 1.03 bits per heavy atom. The van der Waals surface area contributed by atoms with Crippen LogP contribution in [0.3, 0.4) is 0 Å². The highest BCUT2D eigenvalue weighted by atomic mass is 19.1. The average Bonchev–Trinajstić information content (AvgIpc) is 2.94. The van der Waals surface area contributed by atoms with Crippen LogP contribution in [0.25, 0.3) is 0 Å². The van der Waals surface area contributed by atoms with Gasteiger partial charge in [0.1, 0.15) is 5.82 Å². The molecule has 0 saturated heterocycles. The molecule has 1 amide bonds. The van der Waals surface area contributed by atoms with Gasteiger partial charge in [-0.15, -0.1) is 0 Å². The first-order valence-corrected chi connectivity index (χ1v) is 10.5. The molecule has 1 N–H and O–H groups in total. The minimum Gasteiger partial charge on any atom is -0.478 e. The van der Waals surface area contributed by atoms with E-state index in [4.69, 9.17) is 0 Å². The van der Waals surface area contributed by atoms with Gasteiger partial charge in [-0.3, -0.25) is 9.69 Å². The number of aromatic carboxylic acids is 1. The highest BCUT2D eigenvalue weighted by Gasteiger charge is 2.49. The summed E-state index contributed by atoms with van der Waals surface area (Å²) in [6, 6.07) is 17.1. The van der Waals surface area contributed by atoms with Crippen LogP contribution in [-0.2, 0) is 15.6 Å². The van der Waals surface area contributed by atoms with Crippen molar-refractivity contribution in [2.45, 2.75) is 45.4 Å². The first-order valence-electron chi connectivity index (χ1n) is 10.5. The molecular formula is C27H26FNO3. The Bertz CT molecular complexity index is 1260. The van der Waals surface area contributed by atoms with Gasteiger partial charge < -0.3 is 5.11 Å². The van der Waals surface area contributed by atoms with E-state index in [0.29, 0.717) is 22.5 Å². The molecule has 0 aliphatic carbocycles. The van der Waals surface area contributed by atoms with E-state index in [9.17, 15) is 14.7 Å².